The largest absolute Gasteiger partial charge is 0.291 e. The highest BCUT2D eigenvalue weighted by atomic mass is 32.2. The first kappa shape index (κ1) is 17.2. The Morgan fingerprint density at radius 2 is 1.89 bits per heavy atom. The average Bonchev–Trinajstić information content (AvgIpc) is 3.05. The molecule has 0 saturated carbocycles. The van der Waals surface area contributed by atoms with Crippen LogP contribution in [-0.4, -0.2) is 22.8 Å². The maximum atomic E-state index is 13.2. The number of fused-ring (bicyclic) bond motifs is 1. The number of imidazole rings is 1. The van der Waals surface area contributed by atoms with Gasteiger partial charge in [-0.1, -0.05) is 12.1 Å². The van der Waals surface area contributed by atoms with Gasteiger partial charge in [0.05, 0.1) is 10.6 Å². The van der Waals surface area contributed by atoms with Crippen molar-refractivity contribution in [3.05, 3.63) is 78.5 Å². The lowest BCUT2D eigenvalue weighted by Gasteiger charge is -2.10. The Hall–Kier alpha value is -3.26. The molecule has 0 fully saturated rings. The van der Waals surface area contributed by atoms with E-state index in [1.54, 1.807) is 37.4 Å². The van der Waals surface area contributed by atoms with Crippen LogP contribution in [0.4, 0.5) is 10.1 Å². The summed E-state index contributed by atoms with van der Waals surface area (Å²) in [4.78, 5) is 8.65. The molecular formula is C19H15FN4O2S. The monoisotopic (exact) mass is 382 g/mol. The second-order valence-corrected chi connectivity index (χ2v) is 7.70. The Morgan fingerprint density at radius 3 is 2.59 bits per heavy atom. The maximum absolute atomic E-state index is 13.2. The molecule has 0 amide bonds. The van der Waals surface area contributed by atoms with Gasteiger partial charge < -0.3 is 0 Å². The molecule has 0 saturated heterocycles. The van der Waals surface area contributed by atoms with Crippen molar-refractivity contribution >= 4 is 21.5 Å². The Kier molecular flexibility index (Phi) is 4.12. The van der Waals surface area contributed by atoms with E-state index in [-0.39, 0.29) is 4.90 Å². The van der Waals surface area contributed by atoms with Crippen molar-refractivity contribution in [3.8, 4) is 11.3 Å². The fourth-order valence-electron chi connectivity index (χ4n) is 2.80. The number of sulfonamides is 1. The fourth-order valence-corrected chi connectivity index (χ4v) is 4.09. The molecule has 1 N–H and O–H groups in total. The minimum Gasteiger partial charge on any atom is -0.291 e. The second kappa shape index (κ2) is 6.48. The molecule has 0 bridgehead atoms. The predicted molar refractivity (Wildman–Crippen MR) is 100 cm³/mol. The highest BCUT2D eigenvalue weighted by Gasteiger charge is 2.17. The van der Waals surface area contributed by atoms with E-state index in [0.29, 0.717) is 17.0 Å². The smallest absolute Gasteiger partial charge is 0.262 e. The third kappa shape index (κ3) is 3.39. The molecular weight excluding hydrogens is 367 g/mol. The van der Waals surface area contributed by atoms with Gasteiger partial charge in [0.2, 0.25) is 5.78 Å². The van der Waals surface area contributed by atoms with Crippen molar-refractivity contribution < 1.29 is 12.8 Å². The van der Waals surface area contributed by atoms with Gasteiger partial charge in [-0.2, -0.15) is 0 Å². The quantitative estimate of drug-likeness (QED) is 0.585. The lowest BCUT2D eigenvalue weighted by molar-refractivity contribution is 0.598. The molecule has 4 aromatic rings. The van der Waals surface area contributed by atoms with Crippen LogP contribution in [0.2, 0.25) is 0 Å². The van der Waals surface area contributed by atoms with Crippen molar-refractivity contribution in [2.24, 2.45) is 0 Å². The summed E-state index contributed by atoms with van der Waals surface area (Å²) in [6.07, 6.45) is 5.37. The van der Waals surface area contributed by atoms with Crippen LogP contribution in [-0.2, 0) is 10.0 Å². The summed E-state index contributed by atoms with van der Waals surface area (Å²) in [5.74, 6) is 0.113. The Bertz CT molecular complexity index is 1200. The number of hydrogen-bond acceptors (Lipinski definition) is 4. The molecule has 136 valence electrons. The summed E-state index contributed by atoms with van der Waals surface area (Å²) in [6.45, 7) is 1.55. The molecule has 2 heterocycles. The van der Waals surface area contributed by atoms with Crippen LogP contribution in [0.25, 0.3) is 17.0 Å². The molecule has 8 heteroatoms. The van der Waals surface area contributed by atoms with E-state index < -0.39 is 15.8 Å². The van der Waals surface area contributed by atoms with Crippen molar-refractivity contribution in [2.45, 2.75) is 11.8 Å². The number of nitrogens with zero attached hydrogens (tertiary/aromatic N) is 3. The molecule has 6 nitrogen and oxygen atoms in total. The van der Waals surface area contributed by atoms with Crippen LogP contribution >= 0.6 is 0 Å². The van der Waals surface area contributed by atoms with Gasteiger partial charge in [0.1, 0.15) is 5.82 Å². The van der Waals surface area contributed by atoms with Crippen molar-refractivity contribution in [2.75, 3.05) is 4.72 Å². The second-order valence-electron chi connectivity index (χ2n) is 6.05. The lowest BCUT2D eigenvalue weighted by Crippen LogP contribution is -2.14. The van der Waals surface area contributed by atoms with E-state index in [0.717, 1.165) is 17.3 Å². The number of nitrogens with one attached hydrogen (secondary N) is 1. The number of benzene rings is 2. The van der Waals surface area contributed by atoms with Gasteiger partial charge in [-0.15, -0.1) is 0 Å². The minimum absolute atomic E-state index is 0.0411. The van der Waals surface area contributed by atoms with Crippen LogP contribution in [0, 0.1) is 12.7 Å². The number of halogens is 1. The highest BCUT2D eigenvalue weighted by Crippen LogP contribution is 2.24. The zero-order valence-corrected chi connectivity index (χ0v) is 15.1. The third-order valence-electron chi connectivity index (χ3n) is 4.09. The van der Waals surface area contributed by atoms with Crippen LogP contribution in [0.1, 0.15) is 5.56 Å². The fraction of sp³-hybridized carbons (Fsp3) is 0.0526. The highest BCUT2D eigenvalue weighted by molar-refractivity contribution is 7.92. The molecule has 0 atom stereocenters. The van der Waals surface area contributed by atoms with Gasteiger partial charge in [0.15, 0.2) is 0 Å². The SMILES string of the molecule is Cc1cc(F)ccc1S(=O)(=O)Nc1ccc(-c2cn3cccnc3n2)cc1. The van der Waals surface area contributed by atoms with Crippen LogP contribution < -0.4 is 4.72 Å². The van der Waals surface area contributed by atoms with Gasteiger partial charge >= 0.3 is 0 Å². The number of aromatic nitrogens is 3. The standard InChI is InChI=1S/C19H15FN4O2S/c1-13-11-15(20)5-8-18(13)27(25,26)23-16-6-3-14(4-7-16)17-12-24-10-2-9-21-19(24)22-17/h2-12,23H,1H3. The van der Waals surface area contributed by atoms with Gasteiger partial charge in [-0.25, -0.2) is 22.8 Å². The number of aryl methyl sites for hydroxylation is 1. The van der Waals surface area contributed by atoms with E-state index in [1.165, 1.54) is 12.1 Å². The Labute approximate surface area is 155 Å². The van der Waals surface area contributed by atoms with Gasteiger partial charge in [-0.05, 0) is 48.9 Å². The first-order valence-corrected chi connectivity index (χ1v) is 9.60. The number of hydrogen-bond donors (Lipinski definition) is 1. The maximum Gasteiger partial charge on any atom is 0.262 e. The first-order valence-electron chi connectivity index (χ1n) is 8.11. The van der Waals surface area contributed by atoms with Crippen LogP contribution in [0.3, 0.4) is 0 Å². The molecule has 0 unspecified atom stereocenters. The normalized spacial score (nSPS) is 11.6. The van der Waals surface area contributed by atoms with E-state index in [4.69, 9.17) is 0 Å². The van der Waals surface area contributed by atoms with Crippen LogP contribution in [0.5, 0.6) is 0 Å². The van der Waals surface area contributed by atoms with E-state index >= 15 is 0 Å². The van der Waals surface area contributed by atoms with Crippen molar-refractivity contribution in [1.29, 1.82) is 0 Å². The van der Waals surface area contributed by atoms with Crippen molar-refractivity contribution in [3.63, 3.8) is 0 Å². The summed E-state index contributed by atoms with van der Waals surface area (Å²) in [5.41, 5.74) is 2.32. The summed E-state index contributed by atoms with van der Waals surface area (Å²) in [5, 5.41) is 0. The van der Waals surface area contributed by atoms with E-state index in [1.807, 2.05) is 22.9 Å². The van der Waals surface area contributed by atoms with E-state index in [9.17, 15) is 12.8 Å². The Morgan fingerprint density at radius 1 is 1.11 bits per heavy atom. The van der Waals surface area contributed by atoms with Gasteiger partial charge in [-0.3, -0.25) is 9.12 Å². The summed E-state index contributed by atoms with van der Waals surface area (Å²) in [6, 6.07) is 12.2. The zero-order chi connectivity index (χ0) is 19.0. The third-order valence-corrected chi connectivity index (χ3v) is 5.64. The Balaban J connectivity index is 1.60. The average molecular weight is 382 g/mol. The minimum atomic E-state index is -3.81. The topological polar surface area (TPSA) is 76.4 Å². The van der Waals surface area contributed by atoms with Gasteiger partial charge in [0, 0.05) is 29.8 Å². The predicted octanol–water partition coefficient (Wildman–Crippen LogP) is 3.64. The van der Waals surface area contributed by atoms with Crippen molar-refractivity contribution in [1.82, 2.24) is 14.4 Å². The molecule has 0 radical (unpaired) electrons. The van der Waals surface area contributed by atoms with E-state index in [2.05, 4.69) is 14.7 Å². The molecule has 27 heavy (non-hydrogen) atoms. The molecule has 2 aromatic heterocycles. The lowest BCUT2D eigenvalue weighted by atomic mass is 10.1. The molecule has 0 spiro atoms. The zero-order valence-electron chi connectivity index (χ0n) is 14.3. The number of rotatable bonds is 4. The molecule has 4 rings (SSSR count). The molecule has 2 aromatic carbocycles. The van der Waals surface area contributed by atoms with Gasteiger partial charge in [0.25, 0.3) is 10.0 Å². The summed E-state index contributed by atoms with van der Waals surface area (Å²) in [7, 11) is -3.81. The number of anilines is 1. The molecule has 0 aliphatic heterocycles. The first-order chi connectivity index (χ1) is 12.9. The summed E-state index contributed by atoms with van der Waals surface area (Å²) < 4.78 is 42.6. The molecule has 0 aliphatic rings. The molecule has 0 aliphatic carbocycles. The van der Waals surface area contributed by atoms with Crippen LogP contribution in [0.15, 0.2) is 72.0 Å². The summed E-state index contributed by atoms with van der Waals surface area (Å²) >= 11 is 0.